The lowest BCUT2D eigenvalue weighted by molar-refractivity contribution is 0.171. The highest BCUT2D eigenvalue weighted by Gasteiger charge is 2.16. The summed E-state index contributed by atoms with van der Waals surface area (Å²) in [5.41, 5.74) is 1.25. The van der Waals surface area contributed by atoms with Crippen LogP contribution in [0, 0.1) is 0 Å². The number of hydrogen-bond acceptors (Lipinski definition) is 5. The Kier molecular flexibility index (Phi) is 7.62. The van der Waals surface area contributed by atoms with Gasteiger partial charge in [-0.05, 0) is 98.5 Å². The fourth-order valence-corrected chi connectivity index (χ4v) is 5.89. The first-order valence-electron chi connectivity index (χ1n) is 12.0. The van der Waals surface area contributed by atoms with Gasteiger partial charge in [-0.3, -0.25) is 0 Å². The molecule has 4 nitrogen and oxygen atoms in total. The van der Waals surface area contributed by atoms with Gasteiger partial charge in [0, 0.05) is 28.4 Å². The first kappa shape index (κ1) is 22.9. The average molecular weight is 483 g/mol. The van der Waals surface area contributed by atoms with Gasteiger partial charge in [-0.2, -0.15) is 0 Å². The molecule has 0 N–H and O–H groups in total. The van der Waals surface area contributed by atoms with Gasteiger partial charge in [-0.15, -0.1) is 0 Å². The molecule has 0 bridgehead atoms. The van der Waals surface area contributed by atoms with E-state index in [-0.39, 0.29) is 0 Å². The zero-order chi connectivity index (χ0) is 22.5. The predicted octanol–water partition coefficient (Wildman–Crippen LogP) is 6.65. The van der Waals surface area contributed by atoms with Gasteiger partial charge in [0.05, 0.1) is 0 Å². The van der Waals surface area contributed by atoms with Crippen molar-refractivity contribution < 1.29 is 9.47 Å². The summed E-state index contributed by atoms with van der Waals surface area (Å²) in [5.74, 6) is 1.71. The van der Waals surface area contributed by atoms with Gasteiger partial charge in [-0.25, -0.2) is 4.31 Å². The summed E-state index contributed by atoms with van der Waals surface area (Å²) in [6, 6.07) is 19.0. The van der Waals surface area contributed by atoms with Crippen molar-refractivity contribution >= 4 is 34.3 Å². The van der Waals surface area contributed by atoms with Crippen molar-refractivity contribution in [2.45, 2.75) is 37.1 Å². The SMILES string of the molecule is Clc1cccc2cc(SN(CCCCN3CCCC3)Cc3ccc4c(c3)OCCO4)ccc12. The zero-order valence-corrected chi connectivity index (χ0v) is 20.5. The van der Waals surface area contributed by atoms with Crippen LogP contribution in [0.25, 0.3) is 10.8 Å². The molecule has 0 aromatic heterocycles. The van der Waals surface area contributed by atoms with Crippen molar-refractivity contribution in [1.82, 2.24) is 9.21 Å². The molecule has 1 fully saturated rings. The average Bonchev–Trinajstić information content (AvgIpc) is 3.35. The number of nitrogens with zero attached hydrogens (tertiary/aromatic N) is 2. The van der Waals surface area contributed by atoms with E-state index in [4.69, 9.17) is 21.1 Å². The van der Waals surface area contributed by atoms with Crippen LogP contribution in [0.4, 0.5) is 0 Å². The summed E-state index contributed by atoms with van der Waals surface area (Å²) in [4.78, 5) is 3.84. The number of halogens is 1. The standard InChI is InChI=1S/C27H31ClN2O2S/c28-25-7-5-6-22-19-23(9-10-24(22)25)33-30(15-4-3-14-29-12-1-2-13-29)20-21-8-11-26-27(18-21)32-17-16-31-26/h5-11,18-19H,1-4,12-17,20H2. The molecule has 5 rings (SSSR count). The molecule has 3 aromatic rings. The van der Waals surface area contributed by atoms with Crippen LogP contribution in [0.1, 0.15) is 31.2 Å². The fourth-order valence-electron chi connectivity index (χ4n) is 4.60. The number of likely N-dealkylation sites (tertiary alicyclic amines) is 1. The molecule has 2 aliphatic heterocycles. The molecule has 2 aliphatic rings. The summed E-state index contributed by atoms with van der Waals surface area (Å²) in [7, 11) is 0. The van der Waals surface area contributed by atoms with Crippen LogP contribution < -0.4 is 9.47 Å². The minimum Gasteiger partial charge on any atom is -0.486 e. The quantitative estimate of drug-likeness (QED) is 0.251. The number of benzene rings is 3. The van der Waals surface area contributed by atoms with Gasteiger partial charge in [0.2, 0.25) is 0 Å². The molecule has 0 saturated carbocycles. The molecule has 174 valence electrons. The Morgan fingerprint density at radius 3 is 2.64 bits per heavy atom. The van der Waals surface area contributed by atoms with E-state index in [1.54, 1.807) is 0 Å². The van der Waals surface area contributed by atoms with Crippen molar-refractivity contribution in [3.8, 4) is 11.5 Å². The molecular weight excluding hydrogens is 452 g/mol. The number of hydrogen-bond donors (Lipinski definition) is 0. The molecular formula is C27H31ClN2O2S. The molecule has 6 heteroatoms. The summed E-state index contributed by atoms with van der Waals surface area (Å²) in [6.45, 7) is 6.91. The van der Waals surface area contributed by atoms with Crippen molar-refractivity contribution in [3.63, 3.8) is 0 Å². The van der Waals surface area contributed by atoms with Crippen LogP contribution in [0.3, 0.4) is 0 Å². The Balaban J connectivity index is 1.28. The maximum Gasteiger partial charge on any atom is 0.161 e. The second-order valence-electron chi connectivity index (χ2n) is 8.81. The second kappa shape index (κ2) is 11.0. The van der Waals surface area contributed by atoms with E-state index in [2.05, 4.69) is 45.6 Å². The van der Waals surface area contributed by atoms with E-state index in [0.717, 1.165) is 35.0 Å². The Labute approximate surface area is 205 Å². The van der Waals surface area contributed by atoms with Crippen molar-refractivity contribution in [1.29, 1.82) is 0 Å². The van der Waals surface area contributed by atoms with Crippen LogP contribution >= 0.6 is 23.5 Å². The third kappa shape index (κ3) is 5.96. The van der Waals surface area contributed by atoms with Crippen LogP contribution in [0.2, 0.25) is 5.02 Å². The first-order chi connectivity index (χ1) is 16.2. The van der Waals surface area contributed by atoms with Crippen LogP contribution in [-0.4, -0.2) is 48.6 Å². The second-order valence-corrected chi connectivity index (χ2v) is 10.4. The maximum absolute atomic E-state index is 6.38. The Hall–Kier alpha value is -1.92. The van der Waals surface area contributed by atoms with Gasteiger partial charge >= 0.3 is 0 Å². The third-order valence-corrected chi connectivity index (χ3v) is 7.69. The van der Waals surface area contributed by atoms with Gasteiger partial charge in [-0.1, -0.05) is 35.9 Å². The molecule has 2 heterocycles. The van der Waals surface area contributed by atoms with Crippen LogP contribution in [-0.2, 0) is 6.54 Å². The summed E-state index contributed by atoms with van der Waals surface area (Å²) >= 11 is 8.20. The zero-order valence-electron chi connectivity index (χ0n) is 19.0. The lowest BCUT2D eigenvalue weighted by Crippen LogP contribution is -2.22. The molecule has 0 radical (unpaired) electrons. The highest BCUT2D eigenvalue weighted by Crippen LogP contribution is 2.34. The Bertz CT molecular complexity index is 1090. The van der Waals surface area contributed by atoms with E-state index in [1.165, 1.54) is 61.2 Å². The first-order valence-corrected chi connectivity index (χ1v) is 13.1. The topological polar surface area (TPSA) is 24.9 Å². The van der Waals surface area contributed by atoms with Gasteiger partial charge in [0.25, 0.3) is 0 Å². The van der Waals surface area contributed by atoms with E-state index < -0.39 is 0 Å². The number of unbranched alkanes of at least 4 members (excludes halogenated alkanes) is 1. The van der Waals surface area contributed by atoms with Gasteiger partial charge < -0.3 is 14.4 Å². The van der Waals surface area contributed by atoms with Crippen LogP contribution in [0.15, 0.2) is 59.5 Å². The normalized spacial score (nSPS) is 16.1. The monoisotopic (exact) mass is 482 g/mol. The van der Waals surface area contributed by atoms with Crippen molar-refractivity contribution in [3.05, 3.63) is 65.2 Å². The molecule has 0 unspecified atom stereocenters. The Morgan fingerprint density at radius 1 is 0.909 bits per heavy atom. The summed E-state index contributed by atoms with van der Waals surface area (Å²) in [5, 5.41) is 3.09. The molecule has 3 aromatic carbocycles. The molecule has 0 aliphatic carbocycles. The minimum absolute atomic E-state index is 0.616. The molecule has 1 saturated heterocycles. The number of fused-ring (bicyclic) bond motifs is 2. The van der Waals surface area contributed by atoms with Gasteiger partial charge in [0.15, 0.2) is 11.5 Å². The smallest absolute Gasteiger partial charge is 0.161 e. The Morgan fingerprint density at radius 2 is 1.76 bits per heavy atom. The minimum atomic E-state index is 0.616. The summed E-state index contributed by atoms with van der Waals surface area (Å²) in [6.07, 6.45) is 5.15. The lowest BCUT2D eigenvalue weighted by Gasteiger charge is -2.24. The highest BCUT2D eigenvalue weighted by atomic mass is 35.5. The van der Waals surface area contributed by atoms with E-state index in [9.17, 15) is 0 Å². The largest absolute Gasteiger partial charge is 0.486 e. The highest BCUT2D eigenvalue weighted by molar-refractivity contribution is 7.97. The van der Waals surface area contributed by atoms with E-state index in [0.29, 0.717) is 13.2 Å². The maximum atomic E-state index is 6.38. The predicted molar refractivity (Wildman–Crippen MR) is 138 cm³/mol. The lowest BCUT2D eigenvalue weighted by atomic mass is 10.1. The van der Waals surface area contributed by atoms with Crippen molar-refractivity contribution in [2.75, 3.05) is 39.4 Å². The van der Waals surface area contributed by atoms with E-state index in [1.807, 2.05) is 30.1 Å². The third-order valence-electron chi connectivity index (χ3n) is 6.33. The molecule has 0 atom stereocenters. The number of ether oxygens (including phenoxy) is 2. The number of rotatable bonds is 9. The molecule has 0 spiro atoms. The fraction of sp³-hybridized carbons (Fsp3) is 0.407. The van der Waals surface area contributed by atoms with Crippen molar-refractivity contribution in [2.24, 2.45) is 0 Å². The molecule has 33 heavy (non-hydrogen) atoms. The van der Waals surface area contributed by atoms with Crippen LogP contribution in [0.5, 0.6) is 11.5 Å². The molecule has 0 amide bonds. The van der Waals surface area contributed by atoms with Gasteiger partial charge in [0.1, 0.15) is 13.2 Å². The summed E-state index contributed by atoms with van der Waals surface area (Å²) < 4.78 is 14.0. The van der Waals surface area contributed by atoms with E-state index >= 15 is 0 Å².